The molecule has 0 bridgehead atoms. The molecule has 0 aliphatic carbocycles. The first-order valence-corrected chi connectivity index (χ1v) is 6.95. The highest BCUT2D eigenvalue weighted by molar-refractivity contribution is 14.1. The zero-order chi connectivity index (χ0) is 12.4. The van der Waals surface area contributed by atoms with E-state index in [0.717, 1.165) is 34.3 Å². The molecule has 1 unspecified atom stereocenters. The van der Waals surface area contributed by atoms with Crippen LogP contribution in [0.5, 0.6) is 0 Å². The van der Waals surface area contributed by atoms with Gasteiger partial charge in [-0.2, -0.15) is 0 Å². The van der Waals surface area contributed by atoms with E-state index in [9.17, 15) is 4.79 Å². The number of amides is 1. The van der Waals surface area contributed by atoms with E-state index in [4.69, 9.17) is 0 Å². The van der Waals surface area contributed by atoms with Crippen LogP contribution in [-0.2, 0) is 0 Å². The third kappa shape index (κ3) is 2.80. The summed E-state index contributed by atoms with van der Waals surface area (Å²) in [4.78, 5) is 14.4. The van der Waals surface area contributed by atoms with Gasteiger partial charge in [0.25, 0.3) is 5.91 Å². The number of aryl methyl sites for hydroxylation is 1. The molecule has 1 N–H and O–H groups in total. The maximum absolute atomic E-state index is 12.5. The van der Waals surface area contributed by atoms with E-state index in [0.29, 0.717) is 0 Å². The van der Waals surface area contributed by atoms with E-state index in [1.54, 1.807) is 0 Å². The quantitative estimate of drug-likeness (QED) is 0.791. The lowest BCUT2D eigenvalue weighted by molar-refractivity contribution is 0.0654. The summed E-state index contributed by atoms with van der Waals surface area (Å²) >= 11 is 2.23. The van der Waals surface area contributed by atoms with E-state index < -0.39 is 0 Å². The summed E-state index contributed by atoms with van der Waals surface area (Å²) in [5.74, 6) is 0.159. The number of halogens is 1. The number of piperazine rings is 1. The van der Waals surface area contributed by atoms with Crippen molar-refractivity contribution in [3.05, 3.63) is 32.9 Å². The monoisotopic (exact) mass is 344 g/mol. The fraction of sp³-hybridized carbons (Fsp3) is 0.462. The van der Waals surface area contributed by atoms with Gasteiger partial charge in [0, 0.05) is 29.2 Å². The van der Waals surface area contributed by atoms with Crippen LogP contribution in [0.15, 0.2) is 18.2 Å². The lowest BCUT2D eigenvalue weighted by Gasteiger charge is -2.34. The van der Waals surface area contributed by atoms with Crippen molar-refractivity contribution in [2.45, 2.75) is 19.9 Å². The van der Waals surface area contributed by atoms with Gasteiger partial charge in [-0.15, -0.1) is 0 Å². The number of hydrogen-bond acceptors (Lipinski definition) is 2. The Kier molecular flexibility index (Phi) is 4.04. The molecule has 0 saturated carbocycles. The lowest BCUT2D eigenvalue weighted by Crippen LogP contribution is -2.52. The Bertz CT molecular complexity index is 433. The predicted molar refractivity (Wildman–Crippen MR) is 77.3 cm³/mol. The fourth-order valence-corrected chi connectivity index (χ4v) is 2.67. The van der Waals surface area contributed by atoms with Gasteiger partial charge in [0.15, 0.2) is 0 Å². The van der Waals surface area contributed by atoms with E-state index in [1.807, 2.05) is 30.0 Å². The molecule has 17 heavy (non-hydrogen) atoms. The van der Waals surface area contributed by atoms with Crippen LogP contribution >= 0.6 is 22.6 Å². The summed E-state index contributed by atoms with van der Waals surface area (Å²) < 4.78 is 1.03. The third-order valence-corrected chi connectivity index (χ3v) is 4.06. The summed E-state index contributed by atoms with van der Waals surface area (Å²) in [5.41, 5.74) is 1.97. The predicted octanol–water partition coefficient (Wildman–Crippen LogP) is 2.03. The molecule has 4 heteroatoms. The van der Waals surface area contributed by atoms with Gasteiger partial charge in [-0.1, -0.05) is 11.6 Å². The van der Waals surface area contributed by atoms with Crippen LogP contribution in [0.2, 0.25) is 0 Å². The topological polar surface area (TPSA) is 32.3 Å². The second-order valence-corrected chi connectivity index (χ2v) is 5.70. The van der Waals surface area contributed by atoms with Crippen LogP contribution in [0, 0.1) is 10.5 Å². The van der Waals surface area contributed by atoms with Crippen LogP contribution in [0.3, 0.4) is 0 Å². The first-order valence-electron chi connectivity index (χ1n) is 5.87. The Labute approximate surface area is 116 Å². The number of rotatable bonds is 1. The van der Waals surface area contributed by atoms with Crippen LogP contribution < -0.4 is 5.32 Å². The summed E-state index contributed by atoms with van der Waals surface area (Å²) in [6.45, 7) is 6.68. The van der Waals surface area contributed by atoms with Gasteiger partial charge < -0.3 is 10.2 Å². The standard InChI is InChI=1S/C13H17IN2O/c1-9-3-4-12(14)11(7-9)13(17)16-6-5-15-8-10(16)2/h3-4,7,10,15H,5-6,8H2,1-2H3. The lowest BCUT2D eigenvalue weighted by atomic mass is 10.1. The van der Waals surface area contributed by atoms with Gasteiger partial charge in [-0.05, 0) is 48.6 Å². The number of benzene rings is 1. The van der Waals surface area contributed by atoms with Crippen LogP contribution in [-0.4, -0.2) is 36.5 Å². The smallest absolute Gasteiger partial charge is 0.255 e. The van der Waals surface area contributed by atoms with Gasteiger partial charge in [0.05, 0.1) is 5.56 Å². The maximum atomic E-state index is 12.5. The molecule has 1 aliphatic rings. The summed E-state index contributed by atoms with van der Waals surface area (Å²) in [6, 6.07) is 6.31. The molecule has 1 aromatic carbocycles. The molecular weight excluding hydrogens is 327 g/mol. The number of nitrogens with zero attached hydrogens (tertiary/aromatic N) is 1. The van der Waals surface area contributed by atoms with Crippen molar-refractivity contribution < 1.29 is 4.79 Å². The van der Waals surface area contributed by atoms with Crippen molar-refractivity contribution in [3.8, 4) is 0 Å². The average molecular weight is 344 g/mol. The Morgan fingerprint density at radius 3 is 3.00 bits per heavy atom. The van der Waals surface area contributed by atoms with Crippen LogP contribution in [0.25, 0.3) is 0 Å². The third-order valence-electron chi connectivity index (χ3n) is 3.11. The number of carbonyl (C=O) groups excluding carboxylic acids is 1. The largest absolute Gasteiger partial charge is 0.333 e. The highest BCUT2D eigenvalue weighted by Crippen LogP contribution is 2.18. The van der Waals surface area contributed by atoms with Gasteiger partial charge in [0.1, 0.15) is 0 Å². The molecule has 3 nitrogen and oxygen atoms in total. The Hall–Kier alpha value is -0.620. The second kappa shape index (κ2) is 5.35. The van der Waals surface area contributed by atoms with Gasteiger partial charge in [-0.3, -0.25) is 4.79 Å². The van der Waals surface area contributed by atoms with Crippen LogP contribution in [0.4, 0.5) is 0 Å². The Morgan fingerprint density at radius 2 is 2.29 bits per heavy atom. The minimum atomic E-state index is 0.159. The zero-order valence-corrected chi connectivity index (χ0v) is 12.3. The normalized spacial score (nSPS) is 20.4. The highest BCUT2D eigenvalue weighted by Gasteiger charge is 2.25. The molecule has 1 heterocycles. The molecule has 92 valence electrons. The fourth-order valence-electron chi connectivity index (χ4n) is 2.10. The second-order valence-electron chi connectivity index (χ2n) is 4.53. The highest BCUT2D eigenvalue weighted by atomic mass is 127. The van der Waals surface area contributed by atoms with E-state index >= 15 is 0 Å². The molecule has 1 aliphatic heterocycles. The van der Waals surface area contributed by atoms with E-state index in [1.165, 1.54) is 0 Å². The SMILES string of the molecule is Cc1ccc(I)c(C(=O)N2CCNCC2C)c1. The zero-order valence-electron chi connectivity index (χ0n) is 10.2. The molecule has 1 aromatic rings. The minimum Gasteiger partial charge on any atom is -0.333 e. The van der Waals surface area contributed by atoms with Crippen LogP contribution in [0.1, 0.15) is 22.8 Å². The van der Waals surface area contributed by atoms with Gasteiger partial charge in [-0.25, -0.2) is 0 Å². The van der Waals surface area contributed by atoms with E-state index in [-0.39, 0.29) is 11.9 Å². The molecule has 0 aromatic heterocycles. The summed E-state index contributed by atoms with van der Waals surface area (Å²) in [6.07, 6.45) is 0. The molecule has 1 saturated heterocycles. The average Bonchev–Trinajstić information content (AvgIpc) is 2.32. The molecule has 1 amide bonds. The van der Waals surface area contributed by atoms with Crippen molar-refractivity contribution >= 4 is 28.5 Å². The molecule has 0 spiro atoms. The van der Waals surface area contributed by atoms with Gasteiger partial charge >= 0.3 is 0 Å². The molecule has 2 rings (SSSR count). The first-order chi connectivity index (χ1) is 8.09. The number of nitrogens with one attached hydrogen (secondary N) is 1. The molecule has 1 atom stereocenters. The van der Waals surface area contributed by atoms with Crippen molar-refractivity contribution in [2.24, 2.45) is 0 Å². The Balaban J connectivity index is 2.26. The number of carbonyl (C=O) groups is 1. The summed E-state index contributed by atoms with van der Waals surface area (Å²) in [5, 5.41) is 3.30. The summed E-state index contributed by atoms with van der Waals surface area (Å²) in [7, 11) is 0. The first kappa shape index (κ1) is 12.8. The van der Waals surface area contributed by atoms with E-state index in [2.05, 4.69) is 34.8 Å². The van der Waals surface area contributed by atoms with Crippen molar-refractivity contribution in [3.63, 3.8) is 0 Å². The number of hydrogen-bond donors (Lipinski definition) is 1. The van der Waals surface area contributed by atoms with Crippen molar-refractivity contribution in [1.82, 2.24) is 10.2 Å². The molecule has 1 fully saturated rings. The minimum absolute atomic E-state index is 0.159. The molecular formula is C13H17IN2O. The van der Waals surface area contributed by atoms with Crippen molar-refractivity contribution in [2.75, 3.05) is 19.6 Å². The maximum Gasteiger partial charge on any atom is 0.255 e. The van der Waals surface area contributed by atoms with Crippen molar-refractivity contribution in [1.29, 1.82) is 0 Å². The molecule has 0 radical (unpaired) electrons. The Morgan fingerprint density at radius 1 is 1.53 bits per heavy atom. The van der Waals surface area contributed by atoms with Gasteiger partial charge in [0.2, 0.25) is 0 Å².